The first-order valence-corrected chi connectivity index (χ1v) is 3.28. The summed E-state index contributed by atoms with van der Waals surface area (Å²) in [6.45, 7) is 3.19. The van der Waals surface area contributed by atoms with E-state index >= 15 is 0 Å². The molecule has 0 spiro atoms. The Morgan fingerprint density at radius 3 is 2.73 bits per heavy atom. The molecule has 0 fully saturated rings. The fourth-order valence-corrected chi connectivity index (χ4v) is 0.817. The van der Waals surface area contributed by atoms with Crippen LogP contribution in [0.4, 0.5) is 0 Å². The first-order chi connectivity index (χ1) is 5.09. The molecule has 4 heteroatoms. The lowest BCUT2D eigenvalue weighted by Gasteiger charge is -1.97. The normalized spacial score (nSPS) is 9.73. The molecule has 0 unspecified atom stereocenters. The number of ether oxygens (including phenoxy) is 1. The number of imidazole rings is 1. The van der Waals surface area contributed by atoms with Gasteiger partial charge in [0.15, 0.2) is 0 Å². The standard InChI is InChI=1S/C7H10N2O2/c1-5-4-9(3)7(8-5)11-6(2)10/h4H,1-3H3. The van der Waals surface area contributed by atoms with E-state index in [2.05, 4.69) is 4.98 Å². The predicted molar refractivity (Wildman–Crippen MR) is 39.3 cm³/mol. The zero-order valence-corrected chi connectivity index (χ0v) is 6.79. The lowest BCUT2D eigenvalue weighted by molar-refractivity contribution is -0.132. The average Bonchev–Trinajstić information content (AvgIpc) is 2.09. The van der Waals surface area contributed by atoms with E-state index in [1.165, 1.54) is 6.92 Å². The Labute approximate surface area is 64.8 Å². The molecule has 0 aliphatic carbocycles. The summed E-state index contributed by atoms with van der Waals surface area (Å²) in [4.78, 5) is 14.5. The molecule has 1 aromatic heterocycles. The molecular weight excluding hydrogens is 144 g/mol. The molecule has 4 nitrogen and oxygen atoms in total. The van der Waals surface area contributed by atoms with Gasteiger partial charge in [-0.15, -0.1) is 0 Å². The molecule has 0 N–H and O–H groups in total. The smallest absolute Gasteiger partial charge is 0.310 e. The molecule has 0 radical (unpaired) electrons. The number of nitrogens with zero attached hydrogens (tertiary/aromatic N) is 2. The minimum atomic E-state index is -0.348. The molecule has 0 bridgehead atoms. The SMILES string of the molecule is CC(=O)Oc1nc(C)cn1C. The van der Waals surface area contributed by atoms with Crippen molar-refractivity contribution in [2.45, 2.75) is 13.8 Å². The Kier molecular flexibility index (Phi) is 1.94. The predicted octanol–water partition coefficient (Wildman–Crippen LogP) is 0.654. The second-order valence-corrected chi connectivity index (χ2v) is 2.37. The molecule has 0 atom stereocenters. The number of aryl methyl sites for hydroxylation is 2. The third-order valence-corrected chi connectivity index (χ3v) is 1.19. The van der Waals surface area contributed by atoms with Gasteiger partial charge in [-0.3, -0.25) is 4.79 Å². The van der Waals surface area contributed by atoms with Crippen molar-refractivity contribution in [2.75, 3.05) is 0 Å². The maximum atomic E-state index is 10.5. The van der Waals surface area contributed by atoms with Crippen LogP contribution in [0.5, 0.6) is 6.01 Å². The molecule has 0 aromatic carbocycles. The van der Waals surface area contributed by atoms with E-state index in [1.807, 2.05) is 6.92 Å². The number of rotatable bonds is 1. The quantitative estimate of drug-likeness (QED) is 0.558. The van der Waals surface area contributed by atoms with Gasteiger partial charge < -0.3 is 9.30 Å². The molecule has 0 aliphatic heterocycles. The van der Waals surface area contributed by atoms with Crippen molar-refractivity contribution in [1.29, 1.82) is 0 Å². The first kappa shape index (κ1) is 7.78. The summed E-state index contributed by atoms with van der Waals surface area (Å²) in [5.41, 5.74) is 0.837. The van der Waals surface area contributed by atoms with Gasteiger partial charge in [0.2, 0.25) is 0 Å². The fourth-order valence-electron chi connectivity index (χ4n) is 0.817. The summed E-state index contributed by atoms with van der Waals surface area (Å²) >= 11 is 0. The van der Waals surface area contributed by atoms with Crippen molar-refractivity contribution >= 4 is 5.97 Å². The first-order valence-electron chi connectivity index (χ1n) is 3.28. The second-order valence-electron chi connectivity index (χ2n) is 2.37. The fraction of sp³-hybridized carbons (Fsp3) is 0.429. The van der Waals surface area contributed by atoms with Crippen LogP contribution in [0.25, 0.3) is 0 Å². The number of carbonyl (C=O) groups is 1. The second kappa shape index (κ2) is 2.74. The number of esters is 1. The zero-order valence-electron chi connectivity index (χ0n) is 6.79. The van der Waals surface area contributed by atoms with Gasteiger partial charge in [0, 0.05) is 20.2 Å². The van der Waals surface area contributed by atoms with E-state index in [0.29, 0.717) is 6.01 Å². The molecule has 0 amide bonds. The van der Waals surface area contributed by atoms with Gasteiger partial charge in [-0.1, -0.05) is 0 Å². The highest BCUT2D eigenvalue weighted by molar-refractivity contribution is 5.68. The molecule has 0 saturated heterocycles. The van der Waals surface area contributed by atoms with Crippen molar-refractivity contribution in [1.82, 2.24) is 9.55 Å². The van der Waals surface area contributed by atoms with Gasteiger partial charge in [0.1, 0.15) is 0 Å². The Morgan fingerprint density at radius 2 is 2.36 bits per heavy atom. The molecule has 1 aromatic rings. The van der Waals surface area contributed by atoms with Crippen molar-refractivity contribution in [3.63, 3.8) is 0 Å². The third kappa shape index (κ3) is 1.80. The summed E-state index contributed by atoms with van der Waals surface area (Å²) < 4.78 is 6.44. The highest BCUT2D eigenvalue weighted by Crippen LogP contribution is 2.07. The van der Waals surface area contributed by atoms with Gasteiger partial charge >= 0.3 is 12.0 Å². The van der Waals surface area contributed by atoms with Crippen LogP contribution in [0.15, 0.2) is 6.20 Å². The summed E-state index contributed by atoms with van der Waals surface area (Å²) in [6.07, 6.45) is 1.79. The Hall–Kier alpha value is -1.32. The minimum absolute atomic E-state index is 0.343. The Bertz CT molecular complexity index is 278. The van der Waals surface area contributed by atoms with Gasteiger partial charge in [-0.05, 0) is 6.92 Å². The summed E-state index contributed by atoms with van der Waals surface area (Å²) in [5, 5.41) is 0. The molecule has 0 saturated carbocycles. The Morgan fingerprint density at radius 1 is 1.73 bits per heavy atom. The maximum Gasteiger partial charge on any atom is 0.310 e. The van der Waals surface area contributed by atoms with Gasteiger partial charge in [-0.25, -0.2) is 4.98 Å². The van der Waals surface area contributed by atoms with Gasteiger partial charge in [0.25, 0.3) is 0 Å². The number of hydrogen-bond acceptors (Lipinski definition) is 3. The molecular formula is C7H10N2O2. The van der Waals surface area contributed by atoms with E-state index in [1.54, 1.807) is 17.8 Å². The molecule has 11 heavy (non-hydrogen) atoms. The van der Waals surface area contributed by atoms with Gasteiger partial charge in [0.05, 0.1) is 5.69 Å². The van der Waals surface area contributed by atoms with E-state index in [4.69, 9.17) is 4.74 Å². The van der Waals surface area contributed by atoms with Crippen LogP contribution in [0.3, 0.4) is 0 Å². The molecule has 60 valence electrons. The monoisotopic (exact) mass is 154 g/mol. The zero-order chi connectivity index (χ0) is 8.43. The van der Waals surface area contributed by atoms with E-state index in [9.17, 15) is 4.79 Å². The van der Waals surface area contributed by atoms with Crippen LogP contribution in [-0.4, -0.2) is 15.5 Å². The van der Waals surface area contributed by atoms with E-state index in [0.717, 1.165) is 5.69 Å². The van der Waals surface area contributed by atoms with Crippen LogP contribution in [0.1, 0.15) is 12.6 Å². The van der Waals surface area contributed by atoms with Crippen molar-refractivity contribution < 1.29 is 9.53 Å². The maximum absolute atomic E-state index is 10.5. The van der Waals surface area contributed by atoms with Crippen LogP contribution < -0.4 is 4.74 Å². The molecule has 1 heterocycles. The minimum Gasteiger partial charge on any atom is -0.392 e. The number of carbonyl (C=O) groups excluding carboxylic acids is 1. The van der Waals surface area contributed by atoms with Crippen LogP contribution in [0.2, 0.25) is 0 Å². The highest BCUT2D eigenvalue weighted by atomic mass is 16.5. The van der Waals surface area contributed by atoms with Crippen LogP contribution in [-0.2, 0) is 11.8 Å². The van der Waals surface area contributed by atoms with Gasteiger partial charge in [-0.2, -0.15) is 0 Å². The van der Waals surface area contributed by atoms with Crippen LogP contribution >= 0.6 is 0 Å². The molecule has 0 aliphatic rings. The van der Waals surface area contributed by atoms with Crippen molar-refractivity contribution in [3.8, 4) is 6.01 Å². The highest BCUT2D eigenvalue weighted by Gasteiger charge is 2.04. The number of aromatic nitrogens is 2. The number of hydrogen-bond donors (Lipinski definition) is 0. The average molecular weight is 154 g/mol. The largest absolute Gasteiger partial charge is 0.392 e. The van der Waals surface area contributed by atoms with Crippen molar-refractivity contribution in [3.05, 3.63) is 11.9 Å². The van der Waals surface area contributed by atoms with Crippen molar-refractivity contribution in [2.24, 2.45) is 7.05 Å². The molecule has 1 rings (SSSR count). The topological polar surface area (TPSA) is 44.1 Å². The summed E-state index contributed by atoms with van der Waals surface area (Å²) in [7, 11) is 1.78. The summed E-state index contributed by atoms with van der Waals surface area (Å²) in [6, 6.07) is 0.343. The lowest BCUT2D eigenvalue weighted by atomic mass is 10.6. The van der Waals surface area contributed by atoms with Crippen LogP contribution in [0, 0.1) is 6.92 Å². The summed E-state index contributed by atoms with van der Waals surface area (Å²) in [5.74, 6) is -0.348. The third-order valence-electron chi connectivity index (χ3n) is 1.19. The Balaban J connectivity index is 2.85. The van der Waals surface area contributed by atoms with E-state index in [-0.39, 0.29) is 5.97 Å². The van der Waals surface area contributed by atoms with E-state index < -0.39 is 0 Å². The lowest BCUT2D eigenvalue weighted by Crippen LogP contribution is -2.05.